The molecule has 0 unspecified atom stereocenters. The first-order valence-corrected chi connectivity index (χ1v) is 8.31. The van der Waals surface area contributed by atoms with Gasteiger partial charge in [0.15, 0.2) is 0 Å². The first-order valence-electron chi connectivity index (χ1n) is 6.92. The number of rotatable bonds is 7. The van der Waals surface area contributed by atoms with Gasteiger partial charge in [0.2, 0.25) is 11.8 Å². The van der Waals surface area contributed by atoms with Crippen LogP contribution in [0.1, 0.15) is 12.0 Å². The summed E-state index contributed by atoms with van der Waals surface area (Å²) in [5.74, 6) is 0.541. The number of thioether (sulfide) groups is 1. The summed E-state index contributed by atoms with van der Waals surface area (Å²) in [4.78, 5) is 23.8. The van der Waals surface area contributed by atoms with Crippen molar-refractivity contribution in [1.82, 2.24) is 10.6 Å². The molecule has 0 bridgehead atoms. The van der Waals surface area contributed by atoms with E-state index in [1.54, 1.807) is 11.8 Å². The molecule has 1 aromatic rings. The predicted octanol–water partition coefficient (Wildman–Crippen LogP) is 0.939. The van der Waals surface area contributed by atoms with Gasteiger partial charge in [0.1, 0.15) is 12.1 Å². The molecule has 6 heteroatoms. The van der Waals surface area contributed by atoms with E-state index in [0.717, 1.165) is 11.3 Å². The fourth-order valence-corrected chi connectivity index (χ4v) is 2.57. The second-order valence-corrected chi connectivity index (χ2v) is 5.89. The van der Waals surface area contributed by atoms with Gasteiger partial charge in [0.05, 0.1) is 13.2 Å². The highest BCUT2D eigenvalue weighted by molar-refractivity contribution is 7.98. The van der Waals surface area contributed by atoms with E-state index in [-0.39, 0.29) is 18.4 Å². The number of nitrogens with one attached hydrogen (secondary N) is 2. The minimum Gasteiger partial charge on any atom is -0.374 e. The van der Waals surface area contributed by atoms with Crippen LogP contribution in [0.5, 0.6) is 0 Å². The fraction of sp³-hybridized carbons (Fsp3) is 0.467. The molecule has 1 saturated heterocycles. The smallest absolute Gasteiger partial charge is 0.245 e. The van der Waals surface area contributed by atoms with E-state index in [4.69, 9.17) is 4.74 Å². The lowest BCUT2D eigenvalue weighted by Gasteiger charge is -2.29. The van der Waals surface area contributed by atoms with Gasteiger partial charge in [-0.2, -0.15) is 11.8 Å². The molecular weight excluding hydrogens is 288 g/mol. The van der Waals surface area contributed by atoms with Gasteiger partial charge in [0.25, 0.3) is 0 Å². The van der Waals surface area contributed by atoms with Crippen molar-refractivity contribution in [2.24, 2.45) is 0 Å². The monoisotopic (exact) mass is 308 g/mol. The maximum atomic E-state index is 11.9. The second kappa shape index (κ2) is 8.05. The molecule has 114 valence electrons. The SMILES string of the molecule is CSCC[C@@H]1NC(=O)[C@H](COCc2ccccc2)NC1=O. The summed E-state index contributed by atoms with van der Waals surface area (Å²) in [6.07, 6.45) is 2.62. The van der Waals surface area contributed by atoms with Gasteiger partial charge in [-0.05, 0) is 24.0 Å². The topological polar surface area (TPSA) is 67.4 Å². The van der Waals surface area contributed by atoms with E-state index >= 15 is 0 Å². The van der Waals surface area contributed by atoms with Crippen molar-refractivity contribution in [3.8, 4) is 0 Å². The molecule has 1 fully saturated rings. The van der Waals surface area contributed by atoms with Gasteiger partial charge in [0, 0.05) is 0 Å². The second-order valence-electron chi connectivity index (χ2n) is 4.90. The maximum absolute atomic E-state index is 11.9. The van der Waals surface area contributed by atoms with E-state index in [2.05, 4.69) is 10.6 Å². The Kier molecular flexibility index (Phi) is 6.07. The van der Waals surface area contributed by atoms with Crippen LogP contribution >= 0.6 is 11.8 Å². The van der Waals surface area contributed by atoms with E-state index in [1.807, 2.05) is 36.6 Å². The van der Waals surface area contributed by atoms with Crippen LogP contribution in [-0.4, -0.2) is 42.5 Å². The molecule has 0 spiro atoms. The van der Waals surface area contributed by atoms with Gasteiger partial charge < -0.3 is 15.4 Å². The minimum absolute atomic E-state index is 0.128. The number of hydrogen-bond acceptors (Lipinski definition) is 4. The van der Waals surface area contributed by atoms with Crippen LogP contribution in [0.25, 0.3) is 0 Å². The lowest BCUT2D eigenvalue weighted by Crippen LogP contribution is -2.63. The molecule has 2 atom stereocenters. The minimum atomic E-state index is -0.605. The molecule has 1 heterocycles. The Balaban J connectivity index is 1.77. The number of amides is 2. The Hall–Kier alpha value is -1.53. The van der Waals surface area contributed by atoms with Crippen LogP contribution in [0.15, 0.2) is 30.3 Å². The molecule has 2 rings (SSSR count). The van der Waals surface area contributed by atoms with E-state index < -0.39 is 12.1 Å². The molecule has 1 aliphatic rings. The van der Waals surface area contributed by atoms with Crippen LogP contribution in [0.4, 0.5) is 0 Å². The Morgan fingerprint density at radius 2 is 1.76 bits per heavy atom. The zero-order valence-corrected chi connectivity index (χ0v) is 12.8. The average molecular weight is 308 g/mol. The number of carbonyl (C=O) groups is 2. The maximum Gasteiger partial charge on any atom is 0.245 e. The number of hydrogen-bond donors (Lipinski definition) is 2. The van der Waals surface area contributed by atoms with Gasteiger partial charge >= 0.3 is 0 Å². The first-order chi connectivity index (χ1) is 10.2. The summed E-state index contributed by atoms with van der Waals surface area (Å²) >= 11 is 1.65. The zero-order chi connectivity index (χ0) is 15.1. The highest BCUT2D eigenvalue weighted by Gasteiger charge is 2.33. The molecule has 1 aromatic carbocycles. The third-order valence-electron chi connectivity index (χ3n) is 3.27. The molecule has 1 aliphatic heterocycles. The molecular formula is C15H20N2O3S. The average Bonchev–Trinajstić information content (AvgIpc) is 2.50. The largest absolute Gasteiger partial charge is 0.374 e. The number of ether oxygens (including phenoxy) is 1. The van der Waals surface area contributed by atoms with Gasteiger partial charge in [-0.25, -0.2) is 0 Å². The summed E-state index contributed by atoms with van der Waals surface area (Å²) in [6.45, 7) is 0.609. The Bertz CT molecular complexity index is 481. The molecule has 2 amide bonds. The third kappa shape index (κ3) is 4.75. The van der Waals surface area contributed by atoms with Crippen molar-refractivity contribution in [3.63, 3.8) is 0 Å². The summed E-state index contributed by atoms with van der Waals surface area (Å²) in [6, 6.07) is 8.69. The van der Waals surface area contributed by atoms with E-state index in [0.29, 0.717) is 13.0 Å². The molecule has 0 radical (unpaired) electrons. The Morgan fingerprint density at radius 3 is 2.48 bits per heavy atom. The van der Waals surface area contributed by atoms with Crippen molar-refractivity contribution < 1.29 is 14.3 Å². The molecule has 5 nitrogen and oxygen atoms in total. The molecule has 21 heavy (non-hydrogen) atoms. The molecule has 0 aliphatic carbocycles. The van der Waals surface area contributed by atoms with Crippen molar-refractivity contribution >= 4 is 23.6 Å². The van der Waals surface area contributed by atoms with Crippen LogP contribution < -0.4 is 10.6 Å². The first kappa shape index (κ1) is 15.9. The predicted molar refractivity (Wildman–Crippen MR) is 83.0 cm³/mol. The summed E-state index contributed by atoms with van der Waals surface area (Å²) in [5.41, 5.74) is 1.04. The van der Waals surface area contributed by atoms with Crippen LogP contribution in [-0.2, 0) is 20.9 Å². The number of piperazine rings is 1. The van der Waals surface area contributed by atoms with Crippen molar-refractivity contribution in [1.29, 1.82) is 0 Å². The van der Waals surface area contributed by atoms with Crippen molar-refractivity contribution in [2.75, 3.05) is 18.6 Å². The van der Waals surface area contributed by atoms with Gasteiger partial charge in [-0.3, -0.25) is 9.59 Å². The lowest BCUT2D eigenvalue weighted by molar-refractivity contribution is -0.138. The normalized spacial score (nSPS) is 21.8. The third-order valence-corrected chi connectivity index (χ3v) is 3.92. The Labute approximate surface area is 128 Å². The van der Waals surface area contributed by atoms with Crippen LogP contribution in [0.3, 0.4) is 0 Å². The quantitative estimate of drug-likeness (QED) is 0.787. The molecule has 2 N–H and O–H groups in total. The zero-order valence-electron chi connectivity index (χ0n) is 12.0. The number of carbonyl (C=O) groups excluding carboxylic acids is 2. The summed E-state index contributed by atoms with van der Waals surface area (Å²) in [5, 5.41) is 5.48. The van der Waals surface area contributed by atoms with Gasteiger partial charge in [-0.15, -0.1) is 0 Å². The molecule has 0 aromatic heterocycles. The molecule has 0 saturated carbocycles. The van der Waals surface area contributed by atoms with E-state index in [1.165, 1.54) is 0 Å². The van der Waals surface area contributed by atoms with Gasteiger partial charge in [-0.1, -0.05) is 30.3 Å². The summed E-state index contributed by atoms with van der Waals surface area (Å²) < 4.78 is 5.51. The Morgan fingerprint density at radius 1 is 1.10 bits per heavy atom. The van der Waals surface area contributed by atoms with Crippen molar-refractivity contribution in [2.45, 2.75) is 25.1 Å². The highest BCUT2D eigenvalue weighted by atomic mass is 32.2. The lowest BCUT2D eigenvalue weighted by atomic mass is 10.1. The number of benzene rings is 1. The fourth-order valence-electron chi connectivity index (χ4n) is 2.10. The van der Waals surface area contributed by atoms with E-state index in [9.17, 15) is 9.59 Å². The standard InChI is InChI=1S/C15H20N2O3S/c1-21-8-7-12-14(18)17-13(15(19)16-12)10-20-9-11-5-3-2-4-6-11/h2-6,12-13H,7-10H2,1H3,(H,16,19)(H,17,18)/t12-,13-/m0/s1. The summed E-state index contributed by atoms with van der Waals surface area (Å²) in [7, 11) is 0. The van der Waals surface area contributed by atoms with Crippen molar-refractivity contribution in [3.05, 3.63) is 35.9 Å². The highest BCUT2D eigenvalue weighted by Crippen LogP contribution is 2.07. The van der Waals surface area contributed by atoms with Crippen LogP contribution in [0.2, 0.25) is 0 Å². The van der Waals surface area contributed by atoms with Crippen LogP contribution in [0, 0.1) is 0 Å².